The Morgan fingerprint density at radius 3 is 2.54 bits per heavy atom. The second-order valence-corrected chi connectivity index (χ2v) is 2.40. The van der Waals surface area contributed by atoms with Gasteiger partial charge in [-0.15, -0.1) is 13.2 Å². The van der Waals surface area contributed by atoms with Gasteiger partial charge in [0.05, 0.1) is 7.85 Å². The van der Waals surface area contributed by atoms with Gasteiger partial charge in [-0.1, -0.05) is 24.0 Å². The third-order valence-electron chi connectivity index (χ3n) is 1.37. The molecule has 1 nitrogen and oxygen atoms in total. The van der Waals surface area contributed by atoms with Crippen molar-refractivity contribution in [2.24, 2.45) is 0 Å². The number of alkyl halides is 3. The first-order chi connectivity index (χ1) is 6.01. The van der Waals surface area contributed by atoms with Gasteiger partial charge in [-0.2, -0.15) is 0 Å². The van der Waals surface area contributed by atoms with Gasteiger partial charge in [0.25, 0.3) is 0 Å². The number of hydrogen-bond donors (Lipinski definition) is 0. The maximum absolute atomic E-state index is 11.7. The molecule has 0 spiro atoms. The molecule has 0 saturated carbocycles. The summed E-state index contributed by atoms with van der Waals surface area (Å²) in [6, 6.07) is 5.58. The highest BCUT2D eigenvalue weighted by atomic mass is 19.4. The van der Waals surface area contributed by atoms with Crippen LogP contribution in [0.15, 0.2) is 24.3 Å². The van der Waals surface area contributed by atoms with Crippen LogP contribution >= 0.6 is 0 Å². The topological polar surface area (TPSA) is 9.23 Å². The van der Waals surface area contributed by atoms with Crippen LogP contribution in [0.3, 0.4) is 0 Å². The van der Waals surface area contributed by atoms with Crippen molar-refractivity contribution in [2.45, 2.75) is 12.7 Å². The van der Waals surface area contributed by atoms with Crippen LogP contribution in [0, 0.1) is 0 Å². The largest absolute Gasteiger partial charge is 0.573 e. The van der Waals surface area contributed by atoms with Crippen molar-refractivity contribution in [2.75, 3.05) is 0 Å². The summed E-state index contributed by atoms with van der Waals surface area (Å²) in [7, 11) is 5.25. The third kappa shape index (κ3) is 3.40. The molecule has 0 aliphatic rings. The molecule has 0 aromatic heterocycles. The second-order valence-electron chi connectivity index (χ2n) is 2.40. The second kappa shape index (κ2) is 3.72. The fraction of sp³-hybridized carbons (Fsp3) is 0.250. The predicted octanol–water partition coefficient (Wildman–Crippen LogP) is 2.25. The molecule has 0 bridgehead atoms. The van der Waals surface area contributed by atoms with Gasteiger partial charge in [-0.05, 0) is 12.1 Å². The van der Waals surface area contributed by atoms with Crippen LogP contribution < -0.4 is 4.74 Å². The molecule has 2 radical (unpaired) electrons. The van der Waals surface area contributed by atoms with E-state index < -0.39 is 6.36 Å². The Hall–Kier alpha value is -1.13. The van der Waals surface area contributed by atoms with Crippen LogP contribution in [0.1, 0.15) is 5.56 Å². The molecule has 1 rings (SSSR count). The van der Waals surface area contributed by atoms with Gasteiger partial charge >= 0.3 is 6.36 Å². The Kier molecular flexibility index (Phi) is 2.85. The first-order valence-electron chi connectivity index (χ1n) is 3.56. The van der Waals surface area contributed by atoms with E-state index in [1.165, 1.54) is 18.2 Å². The van der Waals surface area contributed by atoms with Crippen molar-refractivity contribution in [1.82, 2.24) is 0 Å². The number of benzene rings is 1. The lowest BCUT2D eigenvalue weighted by Gasteiger charge is -2.09. The molecule has 0 aliphatic heterocycles. The zero-order chi connectivity index (χ0) is 9.90. The standard InChI is InChI=1S/C8H6BF3O/c9-5-6-2-1-3-7(4-6)13-8(10,11)12/h1-4H,5H2. The van der Waals surface area contributed by atoms with E-state index in [1.807, 2.05) is 0 Å². The summed E-state index contributed by atoms with van der Waals surface area (Å²) in [6.45, 7) is 0. The molecule has 0 saturated heterocycles. The fourth-order valence-electron chi connectivity index (χ4n) is 0.870. The van der Waals surface area contributed by atoms with Gasteiger partial charge in [0.2, 0.25) is 0 Å². The van der Waals surface area contributed by atoms with E-state index >= 15 is 0 Å². The quantitative estimate of drug-likeness (QED) is 0.643. The molecule has 1 aromatic rings. The molecule has 68 valence electrons. The van der Waals surface area contributed by atoms with Crippen molar-refractivity contribution in [3.63, 3.8) is 0 Å². The summed E-state index contributed by atoms with van der Waals surface area (Å²) >= 11 is 0. The Balaban J connectivity index is 2.78. The van der Waals surface area contributed by atoms with E-state index in [4.69, 9.17) is 7.85 Å². The highest BCUT2D eigenvalue weighted by Crippen LogP contribution is 2.23. The molecule has 0 N–H and O–H groups in total. The minimum absolute atomic E-state index is 0.190. The Morgan fingerprint density at radius 2 is 2.00 bits per heavy atom. The van der Waals surface area contributed by atoms with E-state index in [2.05, 4.69) is 4.74 Å². The normalized spacial score (nSPS) is 11.3. The van der Waals surface area contributed by atoms with Gasteiger partial charge in [-0.3, -0.25) is 0 Å². The average Bonchev–Trinajstić information content (AvgIpc) is 2.01. The molecule has 0 atom stereocenters. The predicted molar refractivity (Wildman–Crippen MR) is 42.6 cm³/mol. The van der Waals surface area contributed by atoms with Crippen LogP contribution in [0.2, 0.25) is 0 Å². The Bertz CT molecular complexity index is 285. The molecular weight excluding hydrogens is 180 g/mol. The minimum Gasteiger partial charge on any atom is -0.406 e. The highest BCUT2D eigenvalue weighted by Gasteiger charge is 2.30. The monoisotopic (exact) mass is 186 g/mol. The van der Waals surface area contributed by atoms with Crippen LogP contribution in [-0.2, 0) is 6.32 Å². The van der Waals surface area contributed by atoms with Crippen LogP contribution in [-0.4, -0.2) is 14.2 Å². The molecule has 0 fully saturated rings. The average molecular weight is 186 g/mol. The maximum atomic E-state index is 11.7. The smallest absolute Gasteiger partial charge is 0.406 e. The molecule has 0 aliphatic carbocycles. The minimum atomic E-state index is -4.65. The SMILES string of the molecule is [B]Cc1cccc(OC(F)(F)F)c1. The van der Waals surface area contributed by atoms with Crippen LogP contribution in [0.5, 0.6) is 5.75 Å². The molecule has 0 amide bonds. The number of rotatable bonds is 2. The maximum Gasteiger partial charge on any atom is 0.573 e. The van der Waals surface area contributed by atoms with Crippen molar-refractivity contribution < 1.29 is 17.9 Å². The molecule has 0 unspecified atom stereocenters. The summed E-state index contributed by atoms with van der Waals surface area (Å²) in [6.07, 6.45) is -4.46. The summed E-state index contributed by atoms with van der Waals surface area (Å²) in [5.41, 5.74) is 0.599. The lowest BCUT2D eigenvalue weighted by Crippen LogP contribution is -2.17. The first kappa shape index (κ1) is 9.96. The lowest BCUT2D eigenvalue weighted by atomic mass is 9.97. The van der Waals surface area contributed by atoms with Crippen molar-refractivity contribution >= 4 is 7.85 Å². The van der Waals surface area contributed by atoms with Gasteiger partial charge in [-0.25, -0.2) is 0 Å². The van der Waals surface area contributed by atoms with Crippen molar-refractivity contribution in [1.29, 1.82) is 0 Å². The molecule has 0 heterocycles. The molecule has 13 heavy (non-hydrogen) atoms. The third-order valence-corrected chi connectivity index (χ3v) is 1.37. The number of hydrogen-bond acceptors (Lipinski definition) is 1. The van der Waals surface area contributed by atoms with Gasteiger partial charge in [0.1, 0.15) is 5.75 Å². The van der Waals surface area contributed by atoms with Gasteiger partial charge in [0.15, 0.2) is 0 Å². The van der Waals surface area contributed by atoms with Crippen molar-refractivity contribution in [3.8, 4) is 5.75 Å². The van der Waals surface area contributed by atoms with Crippen LogP contribution in [0.25, 0.3) is 0 Å². The van der Waals surface area contributed by atoms with E-state index in [1.54, 1.807) is 6.07 Å². The zero-order valence-electron chi connectivity index (χ0n) is 6.64. The number of ether oxygens (including phenoxy) is 1. The van der Waals surface area contributed by atoms with Gasteiger partial charge in [0, 0.05) is 0 Å². The Labute approximate surface area is 74.9 Å². The van der Waals surface area contributed by atoms with E-state index in [-0.39, 0.29) is 12.1 Å². The van der Waals surface area contributed by atoms with E-state index in [0.717, 1.165) is 0 Å². The summed E-state index contributed by atoms with van der Waals surface area (Å²) in [4.78, 5) is 0. The molecule has 5 heteroatoms. The Morgan fingerprint density at radius 1 is 1.31 bits per heavy atom. The van der Waals surface area contributed by atoms with E-state index in [0.29, 0.717) is 5.56 Å². The summed E-state index contributed by atoms with van der Waals surface area (Å²) < 4.78 is 38.9. The highest BCUT2D eigenvalue weighted by molar-refractivity contribution is 6.08. The van der Waals surface area contributed by atoms with Crippen LogP contribution in [0.4, 0.5) is 13.2 Å². The lowest BCUT2D eigenvalue weighted by molar-refractivity contribution is -0.274. The fourth-order valence-corrected chi connectivity index (χ4v) is 0.870. The summed E-state index contributed by atoms with van der Waals surface area (Å²) in [5, 5.41) is 0. The van der Waals surface area contributed by atoms with E-state index in [9.17, 15) is 13.2 Å². The number of halogens is 3. The molecular formula is C8H6BF3O. The van der Waals surface area contributed by atoms with Crippen molar-refractivity contribution in [3.05, 3.63) is 29.8 Å². The zero-order valence-corrected chi connectivity index (χ0v) is 6.64. The molecule has 1 aromatic carbocycles. The first-order valence-corrected chi connectivity index (χ1v) is 3.56. The summed E-state index contributed by atoms with van der Waals surface area (Å²) in [5.74, 6) is -0.240. The van der Waals surface area contributed by atoms with Gasteiger partial charge < -0.3 is 4.74 Å².